The maximum absolute atomic E-state index is 13.2. The Kier molecular flexibility index (Phi) is 3.46. The van der Waals surface area contributed by atoms with Crippen LogP contribution in [0.25, 0.3) is 10.2 Å². The summed E-state index contributed by atoms with van der Waals surface area (Å²) in [6.07, 6.45) is 0.953. The SMILES string of the molecule is Cc1nc(CO)c2cc(C3CCC(F)(F)CC3)sc2n1. The molecule has 0 bridgehead atoms. The van der Waals surface area contributed by atoms with Crippen LogP contribution in [0.1, 0.15) is 48.0 Å². The van der Waals surface area contributed by atoms with E-state index in [2.05, 4.69) is 9.97 Å². The minimum Gasteiger partial charge on any atom is -0.390 e. The molecule has 1 aliphatic carbocycles. The molecule has 0 amide bonds. The average Bonchev–Trinajstić information content (AvgIpc) is 2.81. The second-order valence-corrected chi connectivity index (χ2v) is 6.44. The first-order valence-corrected chi connectivity index (χ1v) is 7.56. The molecule has 3 rings (SSSR count). The Morgan fingerprint density at radius 1 is 1.35 bits per heavy atom. The van der Waals surface area contributed by atoms with Crippen LogP contribution in [0.4, 0.5) is 8.78 Å². The fraction of sp³-hybridized carbons (Fsp3) is 0.571. The van der Waals surface area contributed by atoms with E-state index in [-0.39, 0.29) is 25.4 Å². The fourth-order valence-corrected chi connectivity index (χ4v) is 4.03. The number of halogens is 2. The van der Waals surface area contributed by atoms with Gasteiger partial charge in [0.1, 0.15) is 10.7 Å². The molecule has 0 spiro atoms. The van der Waals surface area contributed by atoms with Gasteiger partial charge < -0.3 is 5.11 Å². The van der Waals surface area contributed by atoms with Crippen LogP contribution >= 0.6 is 11.3 Å². The van der Waals surface area contributed by atoms with Gasteiger partial charge in [-0.25, -0.2) is 18.7 Å². The number of rotatable bonds is 2. The van der Waals surface area contributed by atoms with Crippen LogP contribution in [-0.2, 0) is 6.61 Å². The number of aliphatic hydroxyl groups is 1. The van der Waals surface area contributed by atoms with Crippen molar-refractivity contribution in [2.45, 2.75) is 51.1 Å². The largest absolute Gasteiger partial charge is 0.390 e. The maximum Gasteiger partial charge on any atom is 0.248 e. The van der Waals surface area contributed by atoms with Crippen molar-refractivity contribution in [1.29, 1.82) is 0 Å². The summed E-state index contributed by atoms with van der Waals surface area (Å²) in [6.45, 7) is 1.66. The lowest BCUT2D eigenvalue weighted by atomic mass is 9.86. The van der Waals surface area contributed by atoms with Gasteiger partial charge in [-0.2, -0.15) is 0 Å². The lowest BCUT2D eigenvalue weighted by Crippen LogP contribution is -2.23. The number of aryl methyl sites for hydroxylation is 1. The van der Waals surface area contributed by atoms with Gasteiger partial charge in [0, 0.05) is 23.1 Å². The third-order valence-electron chi connectivity index (χ3n) is 3.87. The van der Waals surface area contributed by atoms with Gasteiger partial charge in [-0.3, -0.25) is 0 Å². The highest BCUT2D eigenvalue weighted by molar-refractivity contribution is 7.18. The molecular formula is C14H16F2N2OS. The first kappa shape index (κ1) is 13.8. The minimum absolute atomic E-state index is 0.0382. The lowest BCUT2D eigenvalue weighted by molar-refractivity contribution is -0.0379. The molecule has 20 heavy (non-hydrogen) atoms. The number of hydrogen-bond acceptors (Lipinski definition) is 4. The Hall–Kier alpha value is -1.14. The van der Waals surface area contributed by atoms with Gasteiger partial charge in [0.15, 0.2) is 0 Å². The number of hydrogen-bond donors (Lipinski definition) is 1. The van der Waals surface area contributed by atoms with Gasteiger partial charge in [0.2, 0.25) is 5.92 Å². The molecule has 2 aromatic rings. The van der Waals surface area contributed by atoms with E-state index >= 15 is 0 Å². The van der Waals surface area contributed by atoms with Crippen LogP contribution in [0.15, 0.2) is 6.07 Å². The molecule has 108 valence electrons. The number of alkyl halides is 2. The summed E-state index contributed by atoms with van der Waals surface area (Å²) in [7, 11) is 0. The normalized spacial score (nSPS) is 19.6. The molecule has 2 heterocycles. The van der Waals surface area contributed by atoms with E-state index in [1.807, 2.05) is 6.07 Å². The summed E-state index contributed by atoms with van der Waals surface area (Å²) >= 11 is 1.54. The number of thiophene rings is 1. The van der Waals surface area contributed by atoms with E-state index in [0.717, 1.165) is 15.1 Å². The standard InChI is InChI=1S/C14H16F2N2OS/c1-8-17-11(7-19)10-6-12(20-13(10)18-8)9-2-4-14(15,16)5-3-9/h6,9,19H,2-5,7H2,1H3. The third kappa shape index (κ3) is 2.54. The minimum atomic E-state index is -2.50. The van der Waals surface area contributed by atoms with Gasteiger partial charge >= 0.3 is 0 Å². The Morgan fingerprint density at radius 2 is 2.05 bits per heavy atom. The monoisotopic (exact) mass is 298 g/mol. The van der Waals surface area contributed by atoms with E-state index in [1.54, 1.807) is 18.3 Å². The van der Waals surface area contributed by atoms with Crippen LogP contribution in [0.5, 0.6) is 0 Å². The predicted molar refractivity (Wildman–Crippen MR) is 74.2 cm³/mol. The molecule has 1 N–H and O–H groups in total. The van der Waals surface area contributed by atoms with Crippen molar-refractivity contribution in [3.63, 3.8) is 0 Å². The first-order valence-electron chi connectivity index (χ1n) is 6.74. The van der Waals surface area contributed by atoms with Crippen molar-refractivity contribution in [2.75, 3.05) is 0 Å². The average molecular weight is 298 g/mol. The number of aromatic nitrogens is 2. The molecule has 1 fully saturated rings. The van der Waals surface area contributed by atoms with E-state index in [0.29, 0.717) is 24.4 Å². The van der Waals surface area contributed by atoms with E-state index in [9.17, 15) is 13.9 Å². The van der Waals surface area contributed by atoms with Gasteiger partial charge in [-0.15, -0.1) is 11.3 Å². The number of fused-ring (bicyclic) bond motifs is 1. The Balaban J connectivity index is 1.94. The van der Waals surface area contributed by atoms with Crippen molar-refractivity contribution < 1.29 is 13.9 Å². The van der Waals surface area contributed by atoms with Crippen molar-refractivity contribution in [1.82, 2.24) is 9.97 Å². The summed E-state index contributed by atoms with van der Waals surface area (Å²) in [6, 6.07) is 1.97. The van der Waals surface area contributed by atoms with E-state index < -0.39 is 5.92 Å². The quantitative estimate of drug-likeness (QED) is 0.917. The van der Waals surface area contributed by atoms with Crippen molar-refractivity contribution >= 4 is 21.6 Å². The maximum atomic E-state index is 13.2. The molecule has 0 radical (unpaired) electrons. The topological polar surface area (TPSA) is 46.0 Å². The van der Waals surface area contributed by atoms with Gasteiger partial charge in [-0.05, 0) is 31.7 Å². The molecule has 6 heteroatoms. The molecule has 1 aliphatic rings. The van der Waals surface area contributed by atoms with Crippen LogP contribution in [-0.4, -0.2) is 21.0 Å². The van der Waals surface area contributed by atoms with E-state index in [1.165, 1.54) is 0 Å². The second-order valence-electron chi connectivity index (χ2n) is 5.37. The summed E-state index contributed by atoms with van der Waals surface area (Å²) in [5, 5.41) is 10.2. The zero-order valence-electron chi connectivity index (χ0n) is 11.2. The van der Waals surface area contributed by atoms with Gasteiger partial charge in [0.25, 0.3) is 0 Å². The van der Waals surface area contributed by atoms with Crippen LogP contribution in [0.2, 0.25) is 0 Å². The second kappa shape index (κ2) is 5.00. The van der Waals surface area contributed by atoms with Crippen LogP contribution in [0.3, 0.4) is 0 Å². The summed E-state index contributed by atoms with van der Waals surface area (Å²) in [4.78, 5) is 10.5. The lowest BCUT2D eigenvalue weighted by Gasteiger charge is -2.27. The van der Waals surface area contributed by atoms with Crippen molar-refractivity contribution in [3.8, 4) is 0 Å². The Morgan fingerprint density at radius 3 is 2.70 bits per heavy atom. The molecule has 0 aromatic carbocycles. The fourth-order valence-electron chi connectivity index (χ4n) is 2.76. The van der Waals surface area contributed by atoms with Crippen LogP contribution < -0.4 is 0 Å². The zero-order valence-corrected chi connectivity index (χ0v) is 12.0. The molecule has 1 saturated carbocycles. The van der Waals surface area contributed by atoms with E-state index in [4.69, 9.17) is 0 Å². The smallest absolute Gasteiger partial charge is 0.248 e. The van der Waals surface area contributed by atoms with Crippen molar-refractivity contribution in [2.24, 2.45) is 0 Å². The summed E-state index contributed by atoms with van der Waals surface area (Å²) in [5.74, 6) is -1.69. The highest BCUT2D eigenvalue weighted by Crippen LogP contribution is 2.43. The first-order chi connectivity index (χ1) is 9.48. The van der Waals surface area contributed by atoms with Gasteiger partial charge in [0.05, 0.1) is 12.3 Å². The third-order valence-corrected chi connectivity index (χ3v) is 5.06. The molecular weight excluding hydrogens is 282 g/mol. The molecule has 0 atom stereocenters. The molecule has 0 aliphatic heterocycles. The summed E-state index contributed by atoms with van der Waals surface area (Å²) in [5.41, 5.74) is 0.621. The predicted octanol–water partition coefficient (Wildman–Crippen LogP) is 3.78. The Labute approximate surface area is 119 Å². The van der Waals surface area contributed by atoms with Crippen LogP contribution in [0, 0.1) is 6.92 Å². The zero-order chi connectivity index (χ0) is 14.3. The Bertz CT molecular complexity index is 631. The van der Waals surface area contributed by atoms with Crippen molar-refractivity contribution in [3.05, 3.63) is 22.5 Å². The summed E-state index contributed by atoms with van der Waals surface area (Å²) < 4.78 is 26.4. The molecule has 2 aromatic heterocycles. The molecule has 3 nitrogen and oxygen atoms in total. The number of aliphatic hydroxyl groups excluding tert-OH is 1. The highest BCUT2D eigenvalue weighted by Gasteiger charge is 2.36. The molecule has 0 saturated heterocycles. The number of nitrogens with zero attached hydrogens (tertiary/aromatic N) is 2. The van der Waals surface area contributed by atoms with Gasteiger partial charge in [-0.1, -0.05) is 0 Å². The highest BCUT2D eigenvalue weighted by atomic mass is 32.1. The molecule has 0 unspecified atom stereocenters.